The molecule has 0 aromatic heterocycles. The molecule has 18 heavy (non-hydrogen) atoms. The predicted molar refractivity (Wildman–Crippen MR) is 69.0 cm³/mol. The molecule has 5 heteroatoms. The Bertz CT molecular complexity index is 450. The van der Waals surface area contributed by atoms with Gasteiger partial charge in [-0.05, 0) is 30.7 Å². The fraction of sp³-hybridized carbons (Fsp3) is 0.462. The number of hydrogen-bond donors (Lipinski definition) is 1. The van der Waals surface area contributed by atoms with E-state index in [-0.39, 0.29) is 18.1 Å². The molecule has 1 saturated heterocycles. The molecule has 1 aromatic rings. The molecule has 0 amide bonds. The highest BCUT2D eigenvalue weighted by Crippen LogP contribution is 2.24. The molecule has 0 saturated carbocycles. The lowest BCUT2D eigenvalue weighted by molar-refractivity contribution is -0.142. The van der Waals surface area contributed by atoms with E-state index < -0.39 is 0 Å². The number of carbonyl (C=O) groups is 1. The number of halogens is 1. The van der Waals surface area contributed by atoms with Gasteiger partial charge in [0.1, 0.15) is 17.9 Å². The summed E-state index contributed by atoms with van der Waals surface area (Å²) in [4.78, 5) is 11.4. The molecule has 98 valence electrons. The Hall–Kier alpha value is -1.26. The number of nitrogens with one attached hydrogen (secondary N) is 1. The first-order valence-electron chi connectivity index (χ1n) is 5.84. The van der Waals surface area contributed by atoms with Gasteiger partial charge >= 0.3 is 5.97 Å². The van der Waals surface area contributed by atoms with Crippen LogP contribution in [0.5, 0.6) is 5.75 Å². The van der Waals surface area contributed by atoms with Gasteiger partial charge in [-0.15, -0.1) is 0 Å². The zero-order valence-electron chi connectivity index (χ0n) is 10.4. The molecule has 1 heterocycles. The van der Waals surface area contributed by atoms with Crippen molar-refractivity contribution >= 4 is 17.6 Å². The second-order valence-electron chi connectivity index (χ2n) is 4.37. The van der Waals surface area contributed by atoms with Crippen molar-refractivity contribution < 1.29 is 14.3 Å². The normalized spacial score (nSPS) is 22.8. The summed E-state index contributed by atoms with van der Waals surface area (Å²) in [5, 5.41) is 3.77. The predicted octanol–water partition coefficient (Wildman–Crippen LogP) is 1.93. The summed E-state index contributed by atoms with van der Waals surface area (Å²) in [5.74, 6) is 0.561. The smallest absolute Gasteiger partial charge is 0.323 e. The molecule has 2 atom stereocenters. The molecule has 4 nitrogen and oxygen atoms in total. The SMILES string of the molecule is COC(=O)C1CC(Oc2ccc(Cl)cc2C)CN1. The molecule has 1 aromatic carbocycles. The maximum atomic E-state index is 11.4. The van der Waals surface area contributed by atoms with Crippen molar-refractivity contribution in [3.8, 4) is 5.75 Å². The van der Waals surface area contributed by atoms with E-state index in [2.05, 4.69) is 5.32 Å². The number of ether oxygens (including phenoxy) is 2. The largest absolute Gasteiger partial charge is 0.489 e. The maximum absolute atomic E-state index is 11.4. The van der Waals surface area contributed by atoms with E-state index in [4.69, 9.17) is 21.1 Å². The van der Waals surface area contributed by atoms with Crippen LogP contribution in [0.4, 0.5) is 0 Å². The minimum absolute atomic E-state index is 0.0195. The van der Waals surface area contributed by atoms with Gasteiger partial charge in [-0.1, -0.05) is 11.6 Å². The molecular weight excluding hydrogens is 254 g/mol. The first-order valence-corrected chi connectivity index (χ1v) is 6.22. The van der Waals surface area contributed by atoms with Crippen molar-refractivity contribution in [3.05, 3.63) is 28.8 Å². The fourth-order valence-electron chi connectivity index (χ4n) is 2.04. The van der Waals surface area contributed by atoms with Crippen molar-refractivity contribution in [1.29, 1.82) is 0 Å². The number of benzene rings is 1. The average Bonchev–Trinajstić information content (AvgIpc) is 2.80. The van der Waals surface area contributed by atoms with E-state index >= 15 is 0 Å². The second kappa shape index (κ2) is 5.59. The third-order valence-electron chi connectivity index (χ3n) is 3.01. The van der Waals surface area contributed by atoms with Crippen LogP contribution in [0.3, 0.4) is 0 Å². The van der Waals surface area contributed by atoms with Crippen LogP contribution in [0.15, 0.2) is 18.2 Å². The van der Waals surface area contributed by atoms with E-state index in [9.17, 15) is 4.79 Å². The zero-order chi connectivity index (χ0) is 13.1. The summed E-state index contributed by atoms with van der Waals surface area (Å²) < 4.78 is 10.6. The molecule has 2 unspecified atom stereocenters. The molecule has 1 aliphatic heterocycles. The van der Waals surface area contributed by atoms with E-state index in [1.54, 1.807) is 6.07 Å². The Labute approximate surface area is 111 Å². The molecular formula is C13H16ClNO3. The van der Waals surface area contributed by atoms with Gasteiger partial charge < -0.3 is 14.8 Å². The summed E-state index contributed by atoms with van der Waals surface area (Å²) in [7, 11) is 1.39. The van der Waals surface area contributed by atoms with Crippen molar-refractivity contribution in [2.75, 3.05) is 13.7 Å². The molecule has 0 aliphatic carbocycles. The van der Waals surface area contributed by atoms with E-state index in [0.29, 0.717) is 18.0 Å². The van der Waals surface area contributed by atoms with Gasteiger partial charge in [0, 0.05) is 18.0 Å². The summed E-state index contributed by atoms with van der Waals surface area (Å²) in [5.41, 5.74) is 0.990. The van der Waals surface area contributed by atoms with E-state index in [0.717, 1.165) is 11.3 Å². The minimum atomic E-state index is -0.271. The topological polar surface area (TPSA) is 47.6 Å². The van der Waals surface area contributed by atoms with Crippen LogP contribution in [-0.4, -0.2) is 31.8 Å². The Morgan fingerprint density at radius 2 is 2.28 bits per heavy atom. The van der Waals surface area contributed by atoms with Crippen LogP contribution in [0.25, 0.3) is 0 Å². The molecule has 0 bridgehead atoms. The first kappa shape index (κ1) is 13.2. The Balaban J connectivity index is 1.97. The number of esters is 1. The van der Waals surface area contributed by atoms with Crippen LogP contribution in [-0.2, 0) is 9.53 Å². The lowest BCUT2D eigenvalue weighted by Crippen LogP contribution is -2.31. The highest BCUT2D eigenvalue weighted by atomic mass is 35.5. The minimum Gasteiger partial charge on any atom is -0.489 e. The van der Waals surface area contributed by atoms with Crippen molar-refractivity contribution in [2.24, 2.45) is 0 Å². The van der Waals surface area contributed by atoms with Gasteiger partial charge in [0.15, 0.2) is 0 Å². The molecule has 1 aliphatic rings. The molecule has 0 spiro atoms. The molecule has 1 N–H and O–H groups in total. The van der Waals surface area contributed by atoms with Crippen LogP contribution >= 0.6 is 11.6 Å². The van der Waals surface area contributed by atoms with Gasteiger partial charge in [-0.3, -0.25) is 4.79 Å². The monoisotopic (exact) mass is 269 g/mol. The summed E-state index contributed by atoms with van der Waals surface area (Å²) in [6.45, 7) is 2.59. The lowest BCUT2D eigenvalue weighted by atomic mass is 10.2. The van der Waals surface area contributed by atoms with Crippen LogP contribution < -0.4 is 10.1 Å². The van der Waals surface area contributed by atoms with Gasteiger partial charge in [-0.2, -0.15) is 0 Å². The van der Waals surface area contributed by atoms with Gasteiger partial charge in [0.25, 0.3) is 0 Å². The van der Waals surface area contributed by atoms with Crippen molar-refractivity contribution in [3.63, 3.8) is 0 Å². The number of aryl methyl sites for hydroxylation is 1. The molecule has 0 radical (unpaired) electrons. The third kappa shape index (κ3) is 2.94. The summed E-state index contributed by atoms with van der Waals surface area (Å²) in [6.07, 6.45) is 0.600. The van der Waals surface area contributed by atoms with Gasteiger partial charge in [0.2, 0.25) is 0 Å². The van der Waals surface area contributed by atoms with Gasteiger partial charge in [0.05, 0.1) is 7.11 Å². The standard InChI is InChI=1S/C13H16ClNO3/c1-8-5-9(14)3-4-12(8)18-10-6-11(15-7-10)13(16)17-2/h3-5,10-11,15H,6-7H2,1-2H3. The summed E-state index contributed by atoms with van der Waals surface area (Å²) >= 11 is 5.89. The number of rotatable bonds is 3. The Morgan fingerprint density at radius 3 is 2.94 bits per heavy atom. The first-order chi connectivity index (χ1) is 8.60. The average molecular weight is 270 g/mol. The maximum Gasteiger partial charge on any atom is 0.323 e. The van der Waals surface area contributed by atoms with Crippen LogP contribution in [0, 0.1) is 6.92 Å². The second-order valence-corrected chi connectivity index (χ2v) is 4.81. The van der Waals surface area contributed by atoms with Gasteiger partial charge in [-0.25, -0.2) is 0 Å². The van der Waals surface area contributed by atoms with Crippen LogP contribution in [0.1, 0.15) is 12.0 Å². The highest BCUT2D eigenvalue weighted by molar-refractivity contribution is 6.30. The van der Waals surface area contributed by atoms with E-state index in [1.807, 2.05) is 19.1 Å². The third-order valence-corrected chi connectivity index (χ3v) is 3.24. The quantitative estimate of drug-likeness (QED) is 0.852. The molecule has 1 fully saturated rings. The van der Waals surface area contributed by atoms with Crippen molar-refractivity contribution in [1.82, 2.24) is 5.32 Å². The Kier molecular flexibility index (Phi) is 4.09. The number of methoxy groups -OCH3 is 1. The zero-order valence-corrected chi connectivity index (χ0v) is 11.2. The van der Waals surface area contributed by atoms with Crippen molar-refractivity contribution in [2.45, 2.75) is 25.5 Å². The number of carbonyl (C=O) groups excluding carboxylic acids is 1. The van der Waals surface area contributed by atoms with Crippen LogP contribution in [0.2, 0.25) is 5.02 Å². The Morgan fingerprint density at radius 1 is 1.50 bits per heavy atom. The fourth-order valence-corrected chi connectivity index (χ4v) is 2.27. The number of hydrogen-bond acceptors (Lipinski definition) is 4. The summed E-state index contributed by atoms with van der Waals surface area (Å²) in [6, 6.07) is 5.23. The molecule has 2 rings (SSSR count). The van der Waals surface area contributed by atoms with E-state index in [1.165, 1.54) is 7.11 Å². The highest BCUT2D eigenvalue weighted by Gasteiger charge is 2.31. The lowest BCUT2D eigenvalue weighted by Gasteiger charge is -2.14.